The summed E-state index contributed by atoms with van der Waals surface area (Å²) in [6.45, 7) is 2.48. The molecule has 0 saturated heterocycles. The highest BCUT2D eigenvalue weighted by atomic mass is 16.5. The van der Waals surface area contributed by atoms with E-state index in [9.17, 15) is 4.79 Å². The Kier molecular flexibility index (Phi) is 3.93. The van der Waals surface area contributed by atoms with Crippen LogP contribution in [0, 0.1) is 6.92 Å². The highest BCUT2D eigenvalue weighted by Crippen LogP contribution is 2.22. The van der Waals surface area contributed by atoms with Crippen LogP contribution in [0.1, 0.15) is 21.8 Å². The van der Waals surface area contributed by atoms with Gasteiger partial charge in [0.2, 0.25) is 0 Å². The van der Waals surface area contributed by atoms with Crippen molar-refractivity contribution in [3.05, 3.63) is 41.5 Å². The average Bonchev–Trinajstić information content (AvgIpc) is 2.83. The van der Waals surface area contributed by atoms with Gasteiger partial charge in [0.1, 0.15) is 5.76 Å². The Bertz CT molecular complexity index is 622. The van der Waals surface area contributed by atoms with Crippen molar-refractivity contribution in [3.63, 3.8) is 0 Å². The minimum Gasteiger partial charge on any atom is -0.469 e. The third-order valence-electron chi connectivity index (χ3n) is 3.04. The number of furan rings is 1. The van der Waals surface area contributed by atoms with Gasteiger partial charge in [-0.05, 0) is 25.1 Å². The Morgan fingerprint density at radius 3 is 2.80 bits per heavy atom. The summed E-state index contributed by atoms with van der Waals surface area (Å²) in [4.78, 5) is 17.6. The third kappa shape index (κ3) is 2.74. The number of carbonyl (C=O) groups is 1. The van der Waals surface area contributed by atoms with E-state index in [4.69, 9.17) is 10.2 Å². The Balaban J connectivity index is 2.27. The first-order chi connectivity index (χ1) is 9.52. The zero-order valence-corrected chi connectivity index (χ0v) is 11.7. The summed E-state index contributed by atoms with van der Waals surface area (Å²) in [6.07, 6.45) is 1.64. The molecule has 0 aliphatic heterocycles. The Morgan fingerprint density at radius 2 is 2.20 bits per heavy atom. The van der Waals surface area contributed by atoms with Crippen LogP contribution in [0.25, 0.3) is 0 Å². The van der Waals surface area contributed by atoms with Crippen molar-refractivity contribution in [2.45, 2.75) is 13.5 Å². The van der Waals surface area contributed by atoms with E-state index in [0.717, 1.165) is 11.3 Å². The van der Waals surface area contributed by atoms with Crippen molar-refractivity contribution in [3.8, 4) is 0 Å². The fraction of sp³-hybridized carbons (Fsp3) is 0.286. The van der Waals surface area contributed by atoms with E-state index < -0.39 is 5.97 Å². The summed E-state index contributed by atoms with van der Waals surface area (Å²) in [5.41, 5.74) is 7.69. The summed E-state index contributed by atoms with van der Waals surface area (Å²) >= 11 is 0. The van der Waals surface area contributed by atoms with E-state index in [0.29, 0.717) is 18.1 Å². The normalized spacial score (nSPS) is 10.3. The number of nitrogen functional groups attached to an aromatic ring is 1. The number of aromatic nitrogens is 1. The van der Waals surface area contributed by atoms with E-state index in [1.54, 1.807) is 18.4 Å². The molecular weight excluding hydrogens is 258 g/mol. The van der Waals surface area contributed by atoms with Crippen LogP contribution in [0.4, 0.5) is 11.5 Å². The molecule has 0 fully saturated rings. The number of methoxy groups -OCH3 is 1. The minimum absolute atomic E-state index is 0.229. The molecule has 0 aromatic carbocycles. The number of carbonyl (C=O) groups excluding carboxylic acids is 1. The second-order valence-electron chi connectivity index (χ2n) is 4.46. The highest BCUT2D eigenvalue weighted by Gasteiger charge is 2.14. The number of pyridine rings is 1. The van der Waals surface area contributed by atoms with Crippen LogP contribution in [0.15, 0.2) is 28.9 Å². The number of hydrogen-bond acceptors (Lipinski definition) is 6. The van der Waals surface area contributed by atoms with Crippen molar-refractivity contribution in [2.75, 3.05) is 24.8 Å². The van der Waals surface area contributed by atoms with Crippen molar-refractivity contribution >= 4 is 17.5 Å². The first-order valence-electron chi connectivity index (χ1n) is 6.12. The van der Waals surface area contributed by atoms with Crippen LogP contribution in [-0.2, 0) is 11.3 Å². The topological polar surface area (TPSA) is 81.6 Å². The molecule has 0 amide bonds. The number of anilines is 2. The fourth-order valence-corrected chi connectivity index (χ4v) is 1.89. The largest absolute Gasteiger partial charge is 0.469 e. The SMILES string of the molecule is COC(=O)c1ccc(N)c(N(C)Cc2ccoc2C)n1. The molecule has 0 aliphatic carbocycles. The maximum Gasteiger partial charge on any atom is 0.356 e. The smallest absolute Gasteiger partial charge is 0.356 e. The van der Waals surface area contributed by atoms with Crippen molar-refractivity contribution < 1.29 is 13.9 Å². The molecule has 0 spiro atoms. The molecule has 2 heterocycles. The van der Waals surface area contributed by atoms with E-state index >= 15 is 0 Å². The van der Waals surface area contributed by atoms with E-state index in [2.05, 4.69) is 9.72 Å². The number of hydrogen-bond donors (Lipinski definition) is 1. The molecule has 2 aromatic rings. The standard InChI is InChI=1S/C14H17N3O3/c1-9-10(6-7-20-9)8-17(2)13-11(15)4-5-12(16-13)14(18)19-3/h4-7H,8,15H2,1-3H3. The van der Waals surface area contributed by atoms with Crippen LogP contribution < -0.4 is 10.6 Å². The quantitative estimate of drug-likeness (QED) is 0.859. The number of ether oxygens (including phenoxy) is 1. The summed E-state index contributed by atoms with van der Waals surface area (Å²) < 4.78 is 9.92. The predicted molar refractivity (Wildman–Crippen MR) is 75.5 cm³/mol. The van der Waals surface area contributed by atoms with E-state index in [1.165, 1.54) is 7.11 Å². The molecule has 0 atom stereocenters. The van der Waals surface area contributed by atoms with Crippen LogP contribution in [0.3, 0.4) is 0 Å². The van der Waals surface area contributed by atoms with Crippen LogP contribution in [-0.4, -0.2) is 25.1 Å². The van der Waals surface area contributed by atoms with Crippen molar-refractivity contribution in [1.82, 2.24) is 4.98 Å². The Hall–Kier alpha value is -2.50. The van der Waals surface area contributed by atoms with E-state index in [-0.39, 0.29) is 5.69 Å². The zero-order chi connectivity index (χ0) is 14.7. The van der Waals surface area contributed by atoms with Gasteiger partial charge in [-0.1, -0.05) is 0 Å². The minimum atomic E-state index is -0.487. The van der Waals surface area contributed by atoms with Gasteiger partial charge in [0.05, 0.1) is 19.1 Å². The van der Waals surface area contributed by atoms with Gasteiger partial charge in [0, 0.05) is 19.2 Å². The molecule has 0 unspecified atom stereocenters. The summed E-state index contributed by atoms with van der Waals surface area (Å²) in [5, 5.41) is 0. The second-order valence-corrected chi connectivity index (χ2v) is 4.46. The molecule has 0 aliphatic rings. The third-order valence-corrected chi connectivity index (χ3v) is 3.04. The maximum atomic E-state index is 11.5. The van der Waals surface area contributed by atoms with Crippen LogP contribution in [0.5, 0.6) is 0 Å². The lowest BCUT2D eigenvalue weighted by molar-refractivity contribution is 0.0594. The lowest BCUT2D eigenvalue weighted by Crippen LogP contribution is -2.20. The fourth-order valence-electron chi connectivity index (χ4n) is 1.89. The zero-order valence-electron chi connectivity index (χ0n) is 11.7. The molecule has 106 valence electrons. The second kappa shape index (κ2) is 5.64. The number of esters is 1. The van der Waals surface area contributed by atoms with Gasteiger partial charge < -0.3 is 19.8 Å². The Morgan fingerprint density at radius 1 is 1.45 bits per heavy atom. The molecule has 0 radical (unpaired) electrons. The van der Waals surface area contributed by atoms with Crippen molar-refractivity contribution in [2.24, 2.45) is 0 Å². The first kappa shape index (κ1) is 13.9. The number of nitrogens with two attached hydrogens (primary N) is 1. The van der Waals surface area contributed by atoms with Gasteiger partial charge in [-0.2, -0.15) is 0 Å². The summed E-state index contributed by atoms with van der Waals surface area (Å²) in [7, 11) is 3.17. The lowest BCUT2D eigenvalue weighted by Gasteiger charge is -2.20. The molecule has 2 rings (SSSR count). The number of rotatable bonds is 4. The van der Waals surface area contributed by atoms with Crippen LogP contribution >= 0.6 is 0 Å². The highest BCUT2D eigenvalue weighted by molar-refractivity contribution is 5.88. The molecule has 2 aromatic heterocycles. The maximum absolute atomic E-state index is 11.5. The van der Waals surface area contributed by atoms with Crippen molar-refractivity contribution in [1.29, 1.82) is 0 Å². The monoisotopic (exact) mass is 275 g/mol. The van der Waals surface area contributed by atoms with Gasteiger partial charge in [-0.25, -0.2) is 9.78 Å². The van der Waals surface area contributed by atoms with Gasteiger partial charge in [-0.3, -0.25) is 0 Å². The molecular formula is C14H17N3O3. The Labute approximate surface area is 117 Å². The molecule has 0 saturated carbocycles. The average molecular weight is 275 g/mol. The van der Waals surface area contributed by atoms with E-state index in [1.807, 2.05) is 24.9 Å². The van der Waals surface area contributed by atoms with Gasteiger partial charge in [0.15, 0.2) is 11.5 Å². The van der Waals surface area contributed by atoms with Crippen LogP contribution in [0.2, 0.25) is 0 Å². The predicted octanol–water partition coefficient (Wildman–Crippen LogP) is 1.99. The number of nitrogens with zero attached hydrogens (tertiary/aromatic N) is 2. The molecule has 0 bridgehead atoms. The summed E-state index contributed by atoms with van der Waals surface area (Å²) in [6, 6.07) is 5.08. The lowest BCUT2D eigenvalue weighted by atomic mass is 10.2. The van der Waals surface area contributed by atoms with Gasteiger partial charge in [-0.15, -0.1) is 0 Å². The van der Waals surface area contributed by atoms with Gasteiger partial charge in [0.25, 0.3) is 0 Å². The first-order valence-corrected chi connectivity index (χ1v) is 6.12. The molecule has 6 nitrogen and oxygen atoms in total. The summed E-state index contributed by atoms with van der Waals surface area (Å²) in [5.74, 6) is 0.896. The molecule has 2 N–H and O–H groups in total. The molecule has 6 heteroatoms. The van der Waals surface area contributed by atoms with Gasteiger partial charge >= 0.3 is 5.97 Å². The number of aryl methyl sites for hydroxylation is 1. The molecule has 20 heavy (non-hydrogen) atoms.